The highest BCUT2D eigenvalue weighted by molar-refractivity contribution is 7.90. The minimum atomic E-state index is -1.02. The fraction of sp³-hybridized carbons (Fsp3) is 0.240. The van der Waals surface area contributed by atoms with E-state index in [0.717, 1.165) is 16.0 Å². The molecule has 5 rings (SSSR count). The Bertz CT molecular complexity index is 1260. The summed E-state index contributed by atoms with van der Waals surface area (Å²) in [5, 5.41) is 9.20. The standard InChI is InChI=1S/C25H23FN2O4S/c1-33(30)20-8-6-16(7-9-20)15-2-4-17(5-3-15)25-21(26)11-22-23(28-25)12-24(27-22)32-19-10-18(13-29)31-14-19/h2-9,11-12,18-19,27,29H,10,13-14H2,1H3/t18-,19-,33?/m0/s1. The molecule has 6 nitrogen and oxygen atoms in total. The maximum atomic E-state index is 14.9. The zero-order valence-electron chi connectivity index (χ0n) is 18.0. The quantitative estimate of drug-likeness (QED) is 0.414. The van der Waals surface area contributed by atoms with Gasteiger partial charge in [0.05, 0.1) is 30.4 Å². The lowest BCUT2D eigenvalue weighted by Crippen LogP contribution is -2.17. The molecular formula is C25H23FN2O4S. The SMILES string of the molecule is C[S+]([O-])c1ccc(-c2ccc(-c3nc4cc(O[C@@H]5CO[C@H](CO)C5)[nH]c4cc3F)cc2)cc1. The predicted octanol–water partition coefficient (Wildman–Crippen LogP) is 4.30. The number of aliphatic hydroxyl groups excluding tert-OH is 1. The van der Waals surface area contributed by atoms with Crippen LogP contribution in [0.15, 0.2) is 65.6 Å². The van der Waals surface area contributed by atoms with Gasteiger partial charge in [0.2, 0.25) is 0 Å². The Balaban J connectivity index is 1.37. The van der Waals surface area contributed by atoms with Crippen molar-refractivity contribution in [3.05, 3.63) is 66.5 Å². The first-order valence-corrected chi connectivity index (χ1v) is 12.2. The largest absolute Gasteiger partial charge is 0.612 e. The van der Waals surface area contributed by atoms with Crippen molar-refractivity contribution in [2.24, 2.45) is 0 Å². The molecule has 1 aliphatic rings. The minimum absolute atomic E-state index is 0.0353. The number of rotatable bonds is 6. The molecule has 2 N–H and O–H groups in total. The number of aromatic amines is 1. The van der Waals surface area contributed by atoms with E-state index in [1.54, 1.807) is 12.3 Å². The number of H-pyrrole nitrogens is 1. The number of aliphatic hydroxyl groups is 1. The summed E-state index contributed by atoms with van der Waals surface area (Å²) in [4.78, 5) is 8.34. The number of benzene rings is 2. The van der Waals surface area contributed by atoms with Crippen molar-refractivity contribution in [1.29, 1.82) is 0 Å². The van der Waals surface area contributed by atoms with Crippen molar-refractivity contribution in [3.63, 3.8) is 0 Å². The van der Waals surface area contributed by atoms with Gasteiger partial charge in [-0.05, 0) is 46.6 Å². The van der Waals surface area contributed by atoms with Gasteiger partial charge in [-0.2, -0.15) is 0 Å². The molecule has 0 bridgehead atoms. The van der Waals surface area contributed by atoms with E-state index in [0.29, 0.717) is 35.5 Å². The lowest BCUT2D eigenvalue weighted by molar-refractivity contribution is 0.0531. The monoisotopic (exact) mass is 466 g/mol. The summed E-state index contributed by atoms with van der Waals surface area (Å²) >= 11 is -1.02. The number of halogens is 1. The summed E-state index contributed by atoms with van der Waals surface area (Å²) < 4.78 is 37.8. The van der Waals surface area contributed by atoms with Gasteiger partial charge in [-0.15, -0.1) is 0 Å². The van der Waals surface area contributed by atoms with Gasteiger partial charge in [-0.3, -0.25) is 0 Å². The number of hydrogen-bond acceptors (Lipinski definition) is 5. The minimum Gasteiger partial charge on any atom is -0.612 e. The number of nitrogens with zero attached hydrogens (tertiary/aromatic N) is 1. The topological polar surface area (TPSA) is 90.4 Å². The molecule has 0 amide bonds. The normalized spacial score (nSPS) is 19.2. The van der Waals surface area contributed by atoms with Crippen LogP contribution in [0.4, 0.5) is 4.39 Å². The van der Waals surface area contributed by atoms with Gasteiger partial charge < -0.3 is 24.1 Å². The van der Waals surface area contributed by atoms with Crippen LogP contribution in [0.5, 0.6) is 5.88 Å². The number of hydrogen-bond donors (Lipinski definition) is 2. The lowest BCUT2D eigenvalue weighted by Gasteiger charge is -2.09. The molecule has 33 heavy (non-hydrogen) atoms. The Morgan fingerprint density at radius 2 is 1.79 bits per heavy atom. The predicted molar refractivity (Wildman–Crippen MR) is 125 cm³/mol. The lowest BCUT2D eigenvalue weighted by atomic mass is 10.0. The van der Waals surface area contributed by atoms with E-state index >= 15 is 0 Å². The molecular weight excluding hydrogens is 443 g/mol. The van der Waals surface area contributed by atoms with E-state index in [4.69, 9.17) is 9.47 Å². The first-order chi connectivity index (χ1) is 16.0. The van der Waals surface area contributed by atoms with Gasteiger partial charge in [0, 0.05) is 24.1 Å². The zero-order chi connectivity index (χ0) is 22.9. The fourth-order valence-electron chi connectivity index (χ4n) is 3.99. The van der Waals surface area contributed by atoms with Crippen LogP contribution in [0, 0.1) is 5.82 Å². The molecule has 170 valence electrons. The van der Waals surface area contributed by atoms with E-state index in [-0.39, 0.29) is 24.5 Å². The van der Waals surface area contributed by atoms with Gasteiger partial charge in [0.1, 0.15) is 18.1 Å². The van der Waals surface area contributed by atoms with Crippen molar-refractivity contribution in [2.45, 2.75) is 23.5 Å². The molecule has 0 aliphatic carbocycles. The van der Waals surface area contributed by atoms with Crippen LogP contribution >= 0.6 is 0 Å². The van der Waals surface area contributed by atoms with E-state index < -0.39 is 17.0 Å². The number of aromatic nitrogens is 2. The van der Waals surface area contributed by atoms with E-state index in [1.807, 2.05) is 48.5 Å². The highest BCUT2D eigenvalue weighted by Crippen LogP contribution is 2.30. The van der Waals surface area contributed by atoms with Crippen LogP contribution in [0.25, 0.3) is 33.4 Å². The Morgan fingerprint density at radius 3 is 2.42 bits per heavy atom. The number of fused-ring (bicyclic) bond motifs is 1. The van der Waals surface area contributed by atoms with Gasteiger partial charge in [-0.25, -0.2) is 9.37 Å². The summed E-state index contributed by atoms with van der Waals surface area (Å²) in [7, 11) is 0. The average Bonchev–Trinajstić information content (AvgIpc) is 3.44. The van der Waals surface area contributed by atoms with Crippen molar-refractivity contribution in [1.82, 2.24) is 9.97 Å². The van der Waals surface area contributed by atoms with Crippen LogP contribution in [0.1, 0.15) is 6.42 Å². The second kappa shape index (κ2) is 9.15. The molecule has 0 radical (unpaired) electrons. The molecule has 3 heterocycles. The molecule has 0 spiro atoms. The highest BCUT2D eigenvalue weighted by Gasteiger charge is 2.27. The van der Waals surface area contributed by atoms with Gasteiger partial charge in [-0.1, -0.05) is 24.3 Å². The van der Waals surface area contributed by atoms with Crippen molar-refractivity contribution in [3.8, 4) is 28.3 Å². The maximum absolute atomic E-state index is 14.9. The molecule has 1 aliphatic heterocycles. The van der Waals surface area contributed by atoms with E-state index in [2.05, 4.69) is 9.97 Å². The van der Waals surface area contributed by atoms with Crippen molar-refractivity contribution >= 4 is 22.2 Å². The summed E-state index contributed by atoms with van der Waals surface area (Å²) in [6.07, 6.45) is 1.87. The van der Waals surface area contributed by atoms with Crippen LogP contribution < -0.4 is 4.74 Å². The molecule has 1 fully saturated rings. The number of nitrogens with one attached hydrogen (secondary N) is 1. The second-order valence-electron chi connectivity index (χ2n) is 8.05. The molecule has 1 unspecified atom stereocenters. The van der Waals surface area contributed by atoms with Gasteiger partial charge in [0.25, 0.3) is 0 Å². The maximum Gasteiger partial charge on any atom is 0.193 e. The Hall–Kier alpha value is -2.91. The van der Waals surface area contributed by atoms with Crippen LogP contribution in [0.3, 0.4) is 0 Å². The smallest absolute Gasteiger partial charge is 0.193 e. The molecule has 1 saturated heterocycles. The van der Waals surface area contributed by atoms with Gasteiger partial charge in [0.15, 0.2) is 16.6 Å². The van der Waals surface area contributed by atoms with Crippen molar-refractivity contribution in [2.75, 3.05) is 19.5 Å². The second-order valence-corrected chi connectivity index (χ2v) is 9.43. The summed E-state index contributed by atoms with van der Waals surface area (Å²) in [6.45, 7) is 0.367. The van der Waals surface area contributed by atoms with Gasteiger partial charge >= 0.3 is 0 Å². The molecule has 2 aromatic heterocycles. The van der Waals surface area contributed by atoms with Crippen LogP contribution in [-0.4, -0.2) is 51.3 Å². The van der Waals surface area contributed by atoms with Crippen LogP contribution in [0.2, 0.25) is 0 Å². The Morgan fingerprint density at radius 1 is 1.12 bits per heavy atom. The van der Waals surface area contributed by atoms with E-state index in [9.17, 15) is 14.0 Å². The fourth-order valence-corrected chi connectivity index (χ4v) is 4.51. The zero-order valence-corrected chi connectivity index (χ0v) is 18.8. The molecule has 2 aromatic carbocycles. The third-order valence-corrected chi connectivity index (χ3v) is 6.69. The van der Waals surface area contributed by atoms with Crippen LogP contribution in [-0.2, 0) is 15.9 Å². The van der Waals surface area contributed by atoms with Crippen molar-refractivity contribution < 1.29 is 23.5 Å². The molecule has 4 aromatic rings. The Kier molecular flexibility index (Phi) is 6.07. The molecule has 0 saturated carbocycles. The highest BCUT2D eigenvalue weighted by atomic mass is 32.2. The Labute approximate surface area is 193 Å². The third-order valence-electron chi connectivity index (χ3n) is 5.75. The molecule has 8 heteroatoms. The number of pyridine rings is 1. The number of ether oxygens (including phenoxy) is 2. The average molecular weight is 467 g/mol. The summed E-state index contributed by atoms with van der Waals surface area (Å²) in [6, 6.07) is 18.2. The summed E-state index contributed by atoms with van der Waals surface area (Å²) in [5.74, 6) is 0.0658. The molecule has 3 atom stereocenters. The first kappa shape index (κ1) is 21.9. The van der Waals surface area contributed by atoms with E-state index in [1.165, 1.54) is 6.07 Å². The third kappa shape index (κ3) is 4.60. The first-order valence-electron chi connectivity index (χ1n) is 10.6. The summed E-state index contributed by atoms with van der Waals surface area (Å²) in [5.41, 5.74) is 4.06.